The molecule has 0 aliphatic heterocycles. The van der Waals surface area contributed by atoms with Crippen LogP contribution in [0.2, 0.25) is 0 Å². The Morgan fingerprint density at radius 2 is 2.00 bits per heavy atom. The summed E-state index contributed by atoms with van der Waals surface area (Å²) in [7, 11) is 0. The van der Waals surface area contributed by atoms with Gasteiger partial charge in [-0.25, -0.2) is 0 Å². The molecule has 1 saturated carbocycles. The molecule has 11 heavy (non-hydrogen) atoms. The van der Waals surface area contributed by atoms with Crippen LogP contribution in [0.3, 0.4) is 0 Å². The van der Waals surface area contributed by atoms with E-state index in [2.05, 4.69) is 12.2 Å². The molecule has 2 nitrogen and oxygen atoms in total. The second kappa shape index (κ2) is 6.44. The van der Waals surface area contributed by atoms with Crippen molar-refractivity contribution in [1.82, 2.24) is 0 Å². The molecule has 0 radical (unpaired) electrons. The van der Waals surface area contributed by atoms with Crippen LogP contribution in [0.4, 0.5) is 0 Å². The second-order valence-electron chi connectivity index (χ2n) is 3.01. The summed E-state index contributed by atoms with van der Waals surface area (Å²) in [5.74, 6) is 0. The summed E-state index contributed by atoms with van der Waals surface area (Å²) < 4.78 is 0. The number of hydrogen-bond donors (Lipinski definition) is 1. The predicted octanol–water partition coefficient (Wildman–Crippen LogP) is -1.35. The summed E-state index contributed by atoms with van der Waals surface area (Å²) >= 11 is 0. The zero-order valence-corrected chi connectivity index (χ0v) is 9.71. The van der Waals surface area contributed by atoms with Crippen LogP contribution in [0.5, 0.6) is 0 Å². The van der Waals surface area contributed by atoms with Gasteiger partial charge in [0.05, 0.1) is 0 Å². The van der Waals surface area contributed by atoms with Crippen molar-refractivity contribution in [2.75, 3.05) is 6.54 Å². The predicted molar refractivity (Wildman–Crippen MR) is 44.1 cm³/mol. The van der Waals surface area contributed by atoms with Gasteiger partial charge in [-0.05, 0) is 12.5 Å². The van der Waals surface area contributed by atoms with Crippen molar-refractivity contribution in [3.05, 3.63) is 5.32 Å². The number of rotatable bonds is 2. The maximum atomic E-state index is 5.87. The Bertz CT molecular complexity index is 96.1. The number of likely N-dealkylation sites (N-methyl/N-ethyl adjacent to an activating group) is 1. The van der Waals surface area contributed by atoms with Crippen molar-refractivity contribution >= 4 is 0 Å². The zero-order valence-electron chi connectivity index (χ0n) is 7.71. The third-order valence-corrected chi connectivity index (χ3v) is 2.20. The van der Waals surface area contributed by atoms with E-state index in [0.29, 0.717) is 12.1 Å². The molecule has 1 rings (SSSR count). The van der Waals surface area contributed by atoms with Crippen LogP contribution in [-0.4, -0.2) is 18.6 Å². The van der Waals surface area contributed by atoms with Crippen LogP contribution >= 0.6 is 0 Å². The van der Waals surface area contributed by atoms with Gasteiger partial charge in [0.25, 0.3) is 0 Å². The van der Waals surface area contributed by atoms with Gasteiger partial charge < -0.3 is 11.1 Å². The molecule has 1 aliphatic rings. The van der Waals surface area contributed by atoms with Crippen LogP contribution in [0.25, 0.3) is 5.32 Å². The molecule has 0 aromatic rings. The van der Waals surface area contributed by atoms with E-state index < -0.39 is 0 Å². The molecule has 0 heterocycles. The molecule has 0 aromatic heterocycles. The molecule has 2 N–H and O–H groups in total. The summed E-state index contributed by atoms with van der Waals surface area (Å²) in [6.45, 7) is 3.01. The van der Waals surface area contributed by atoms with E-state index in [1.807, 2.05) is 0 Å². The van der Waals surface area contributed by atoms with Crippen molar-refractivity contribution in [2.24, 2.45) is 5.73 Å². The van der Waals surface area contributed by atoms with Crippen LogP contribution < -0.4 is 35.3 Å². The summed E-state index contributed by atoms with van der Waals surface area (Å²) in [5.41, 5.74) is 5.87. The minimum Gasteiger partial charge on any atom is -0.658 e. The van der Waals surface area contributed by atoms with Crippen LogP contribution in [-0.2, 0) is 0 Å². The van der Waals surface area contributed by atoms with E-state index in [0.717, 1.165) is 6.54 Å². The fourth-order valence-electron chi connectivity index (χ4n) is 1.60. The summed E-state index contributed by atoms with van der Waals surface area (Å²) in [4.78, 5) is 0. The smallest absolute Gasteiger partial charge is 0.658 e. The van der Waals surface area contributed by atoms with Gasteiger partial charge in [-0.2, -0.15) is 6.54 Å². The van der Waals surface area contributed by atoms with Crippen molar-refractivity contribution < 1.29 is 29.6 Å². The SMILES string of the molecule is CC[N-]C1CCCCC1N.[Na+]. The Kier molecular flexibility index (Phi) is 6.98. The number of nitrogens with zero attached hydrogens (tertiary/aromatic N) is 1. The molecule has 2 unspecified atom stereocenters. The first kappa shape index (κ1) is 11.9. The molecule has 1 fully saturated rings. The molecule has 3 heteroatoms. The summed E-state index contributed by atoms with van der Waals surface area (Å²) in [5, 5.41) is 4.44. The molecule has 0 saturated heterocycles. The molecular formula is C8H17N2Na. The van der Waals surface area contributed by atoms with Crippen molar-refractivity contribution in [3.63, 3.8) is 0 Å². The van der Waals surface area contributed by atoms with Crippen LogP contribution in [0.1, 0.15) is 32.6 Å². The van der Waals surface area contributed by atoms with Gasteiger partial charge in [0, 0.05) is 0 Å². The summed E-state index contributed by atoms with van der Waals surface area (Å²) in [6.07, 6.45) is 5.02. The molecule has 0 bridgehead atoms. The molecule has 1 aliphatic carbocycles. The molecule has 0 spiro atoms. The Balaban J connectivity index is 0.000001000. The fraction of sp³-hybridized carbons (Fsp3) is 1.00. The minimum absolute atomic E-state index is 0. The fourth-order valence-corrected chi connectivity index (χ4v) is 1.60. The van der Waals surface area contributed by atoms with Crippen LogP contribution in [0, 0.1) is 0 Å². The van der Waals surface area contributed by atoms with Gasteiger partial charge in [-0.3, -0.25) is 0 Å². The molecular weight excluding hydrogens is 147 g/mol. The van der Waals surface area contributed by atoms with Gasteiger partial charge in [0.1, 0.15) is 0 Å². The number of nitrogens with two attached hydrogens (primary N) is 1. The standard InChI is InChI=1S/C8H17N2.Na/c1-2-10-8-6-4-3-5-7(8)9;/h7-8H,2-6,9H2,1H3;/q-1;+1. The maximum Gasteiger partial charge on any atom is 1.00 e. The van der Waals surface area contributed by atoms with Crippen molar-refractivity contribution in [3.8, 4) is 0 Å². The van der Waals surface area contributed by atoms with E-state index >= 15 is 0 Å². The van der Waals surface area contributed by atoms with Gasteiger partial charge >= 0.3 is 29.6 Å². The minimum atomic E-state index is 0. The van der Waals surface area contributed by atoms with Crippen molar-refractivity contribution in [1.29, 1.82) is 0 Å². The van der Waals surface area contributed by atoms with Gasteiger partial charge in [0.15, 0.2) is 0 Å². The van der Waals surface area contributed by atoms with Crippen molar-refractivity contribution in [2.45, 2.75) is 44.7 Å². The van der Waals surface area contributed by atoms with Crippen LogP contribution in [0.15, 0.2) is 0 Å². The van der Waals surface area contributed by atoms with E-state index in [1.165, 1.54) is 25.7 Å². The molecule has 60 valence electrons. The van der Waals surface area contributed by atoms with Gasteiger partial charge in [0.2, 0.25) is 0 Å². The quantitative estimate of drug-likeness (QED) is 0.504. The van der Waals surface area contributed by atoms with E-state index in [-0.39, 0.29) is 29.6 Å². The maximum absolute atomic E-state index is 5.87. The Morgan fingerprint density at radius 1 is 1.36 bits per heavy atom. The average molecular weight is 164 g/mol. The topological polar surface area (TPSA) is 40.1 Å². The van der Waals surface area contributed by atoms with E-state index in [4.69, 9.17) is 5.73 Å². The molecule has 0 aromatic carbocycles. The second-order valence-corrected chi connectivity index (χ2v) is 3.01. The van der Waals surface area contributed by atoms with E-state index in [9.17, 15) is 0 Å². The number of hydrogen-bond acceptors (Lipinski definition) is 1. The van der Waals surface area contributed by atoms with Gasteiger partial charge in [-0.15, -0.1) is 6.04 Å². The first-order valence-corrected chi connectivity index (χ1v) is 4.26. The van der Waals surface area contributed by atoms with Gasteiger partial charge in [-0.1, -0.05) is 26.2 Å². The first-order chi connectivity index (χ1) is 4.84. The normalized spacial score (nSPS) is 31.1. The largest absolute Gasteiger partial charge is 1.00 e. The Hall–Kier alpha value is 0.920. The summed E-state index contributed by atoms with van der Waals surface area (Å²) in [6, 6.07) is 0.826. The Morgan fingerprint density at radius 3 is 2.55 bits per heavy atom. The first-order valence-electron chi connectivity index (χ1n) is 4.26. The average Bonchev–Trinajstić information content (AvgIpc) is 1.94. The molecule has 2 atom stereocenters. The molecule has 0 amide bonds. The Labute approximate surface area is 91.6 Å². The van der Waals surface area contributed by atoms with E-state index in [1.54, 1.807) is 0 Å². The third-order valence-electron chi connectivity index (χ3n) is 2.20. The zero-order chi connectivity index (χ0) is 7.40. The third kappa shape index (κ3) is 3.90. The monoisotopic (exact) mass is 164 g/mol.